The minimum absolute atomic E-state index is 0.0283. The average molecular weight is 200 g/mol. The van der Waals surface area contributed by atoms with Crippen molar-refractivity contribution in [1.82, 2.24) is 0 Å². The van der Waals surface area contributed by atoms with Gasteiger partial charge in [-0.1, -0.05) is 26.8 Å². The van der Waals surface area contributed by atoms with Gasteiger partial charge in [-0.3, -0.25) is 0 Å². The van der Waals surface area contributed by atoms with E-state index in [4.69, 9.17) is 4.74 Å². The molecule has 0 saturated carbocycles. The molecule has 3 heteroatoms. The number of aliphatic hydroxyl groups is 1. The molecule has 0 aromatic carbocycles. The van der Waals surface area contributed by atoms with Crippen LogP contribution in [0.4, 0.5) is 0 Å². The molecule has 0 aliphatic carbocycles. The lowest BCUT2D eigenvalue weighted by Gasteiger charge is -2.18. The van der Waals surface area contributed by atoms with E-state index in [1.165, 1.54) is 6.08 Å². The molecule has 0 amide bonds. The molecule has 0 aromatic rings. The van der Waals surface area contributed by atoms with Gasteiger partial charge in [0.2, 0.25) is 0 Å². The lowest BCUT2D eigenvalue weighted by Crippen LogP contribution is -2.22. The Labute approximate surface area is 85.8 Å². The maximum Gasteiger partial charge on any atom is 0.330 e. The van der Waals surface area contributed by atoms with Gasteiger partial charge in [0.1, 0.15) is 0 Å². The van der Waals surface area contributed by atoms with Crippen LogP contribution < -0.4 is 0 Å². The van der Waals surface area contributed by atoms with Crippen LogP contribution in [0.2, 0.25) is 0 Å². The number of ether oxygens (including phenoxy) is 1. The summed E-state index contributed by atoms with van der Waals surface area (Å²) in [6, 6.07) is 0. The standard InChI is InChI=1S/C11H20O3/c1-5-14-10(12)7-6-9(4)11(13)8(2)3/h6-9,11,13H,5H2,1-4H3/t9-,11-/m1/s1. The largest absolute Gasteiger partial charge is 0.463 e. The smallest absolute Gasteiger partial charge is 0.330 e. The van der Waals surface area contributed by atoms with Gasteiger partial charge in [-0.05, 0) is 12.8 Å². The van der Waals surface area contributed by atoms with Gasteiger partial charge in [0.25, 0.3) is 0 Å². The monoisotopic (exact) mass is 200 g/mol. The van der Waals surface area contributed by atoms with Crippen molar-refractivity contribution < 1.29 is 14.6 Å². The number of carbonyl (C=O) groups is 1. The molecule has 0 rings (SSSR count). The average Bonchev–Trinajstić information content (AvgIpc) is 2.13. The van der Waals surface area contributed by atoms with Gasteiger partial charge in [-0.15, -0.1) is 0 Å². The number of rotatable bonds is 5. The first-order valence-corrected chi connectivity index (χ1v) is 5.02. The number of hydrogen-bond acceptors (Lipinski definition) is 3. The summed E-state index contributed by atoms with van der Waals surface area (Å²) in [6.07, 6.45) is 2.64. The summed E-state index contributed by atoms with van der Waals surface area (Å²) in [4.78, 5) is 10.9. The molecule has 1 N–H and O–H groups in total. The Morgan fingerprint density at radius 1 is 1.43 bits per heavy atom. The third-order valence-electron chi connectivity index (χ3n) is 2.04. The van der Waals surface area contributed by atoms with Gasteiger partial charge in [0.15, 0.2) is 0 Å². The molecule has 0 spiro atoms. The fraction of sp³-hybridized carbons (Fsp3) is 0.727. The van der Waals surface area contributed by atoms with Gasteiger partial charge in [-0.25, -0.2) is 4.79 Å². The topological polar surface area (TPSA) is 46.5 Å². The zero-order chi connectivity index (χ0) is 11.1. The first-order valence-electron chi connectivity index (χ1n) is 5.02. The van der Waals surface area contributed by atoms with Crippen LogP contribution in [-0.2, 0) is 9.53 Å². The van der Waals surface area contributed by atoms with E-state index < -0.39 is 6.10 Å². The van der Waals surface area contributed by atoms with Gasteiger partial charge in [0, 0.05) is 12.0 Å². The highest BCUT2D eigenvalue weighted by molar-refractivity contribution is 5.81. The second-order valence-corrected chi connectivity index (χ2v) is 3.70. The Hall–Kier alpha value is -0.830. The molecular weight excluding hydrogens is 180 g/mol. The lowest BCUT2D eigenvalue weighted by molar-refractivity contribution is -0.137. The minimum Gasteiger partial charge on any atom is -0.463 e. The van der Waals surface area contributed by atoms with Crippen molar-refractivity contribution >= 4 is 5.97 Å². The lowest BCUT2D eigenvalue weighted by atomic mass is 9.95. The van der Waals surface area contributed by atoms with Crippen molar-refractivity contribution in [3.63, 3.8) is 0 Å². The van der Waals surface area contributed by atoms with Crippen molar-refractivity contribution in [2.75, 3.05) is 6.61 Å². The fourth-order valence-corrected chi connectivity index (χ4v) is 1.14. The molecule has 14 heavy (non-hydrogen) atoms. The van der Waals surface area contributed by atoms with E-state index in [1.54, 1.807) is 13.0 Å². The molecule has 0 aliphatic heterocycles. The van der Waals surface area contributed by atoms with Gasteiger partial charge in [0.05, 0.1) is 12.7 Å². The highest BCUT2D eigenvalue weighted by atomic mass is 16.5. The van der Waals surface area contributed by atoms with E-state index >= 15 is 0 Å². The first-order chi connectivity index (χ1) is 6.49. The summed E-state index contributed by atoms with van der Waals surface area (Å²) in [5, 5.41) is 9.63. The molecule has 2 atom stereocenters. The molecular formula is C11H20O3. The minimum atomic E-state index is -0.416. The SMILES string of the molecule is CCOC(=O)C=C[C@@H](C)[C@H](O)C(C)C. The van der Waals surface area contributed by atoms with Crippen LogP contribution in [0.25, 0.3) is 0 Å². The predicted molar refractivity (Wildman–Crippen MR) is 55.8 cm³/mol. The van der Waals surface area contributed by atoms with Crippen molar-refractivity contribution in [2.45, 2.75) is 33.8 Å². The number of aliphatic hydroxyl groups excluding tert-OH is 1. The maximum absolute atomic E-state index is 10.9. The summed E-state index contributed by atoms with van der Waals surface area (Å²) in [5.74, 6) is -0.188. The molecule has 0 heterocycles. The molecule has 82 valence electrons. The van der Waals surface area contributed by atoms with Crippen LogP contribution >= 0.6 is 0 Å². The Morgan fingerprint density at radius 3 is 2.43 bits per heavy atom. The molecule has 0 aliphatic rings. The zero-order valence-electron chi connectivity index (χ0n) is 9.36. The van der Waals surface area contributed by atoms with E-state index in [0.29, 0.717) is 6.61 Å². The summed E-state index contributed by atoms with van der Waals surface area (Å²) in [5.41, 5.74) is 0. The molecule has 3 nitrogen and oxygen atoms in total. The molecule has 0 unspecified atom stereocenters. The predicted octanol–water partition coefficient (Wildman–Crippen LogP) is 1.76. The quantitative estimate of drug-likeness (QED) is 0.543. The van der Waals surface area contributed by atoms with E-state index in [9.17, 15) is 9.90 Å². The van der Waals surface area contributed by atoms with Gasteiger partial charge in [-0.2, -0.15) is 0 Å². The van der Waals surface area contributed by atoms with Crippen LogP contribution in [0.3, 0.4) is 0 Å². The highest BCUT2D eigenvalue weighted by Crippen LogP contribution is 2.13. The van der Waals surface area contributed by atoms with Crippen molar-refractivity contribution in [1.29, 1.82) is 0 Å². The zero-order valence-corrected chi connectivity index (χ0v) is 9.36. The Balaban J connectivity index is 4.04. The van der Waals surface area contributed by atoms with Crippen molar-refractivity contribution in [3.05, 3.63) is 12.2 Å². The van der Waals surface area contributed by atoms with Crippen LogP contribution in [0.1, 0.15) is 27.7 Å². The molecule has 0 radical (unpaired) electrons. The third kappa shape index (κ3) is 5.02. The normalized spacial score (nSPS) is 15.9. The number of carbonyl (C=O) groups excluding carboxylic acids is 1. The maximum atomic E-state index is 10.9. The molecule has 0 fully saturated rings. The second kappa shape index (κ2) is 6.60. The Bertz CT molecular complexity index is 197. The van der Waals surface area contributed by atoms with Crippen LogP contribution in [0.15, 0.2) is 12.2 Å². The van der Waals surface area contributed by atoms with E-state index in [1.807, 2.05) is 20.8 Å². The van der Waals surface area contributed by atoms with Crippen LogP contribution in [-0.4, -0.2) is 23.8 Å². The summed E-state index contributed by atoms with van der Waals surface area (Å²) < 4.78 is 4.73. The van der Waals surface area contributed by atoms with E-state index in [2.05, 4.69) is 0 Å². The third-order valence-corrected chi connectivity index (χ3v) is 2.04. The van der Waals surface area contributed by atoms with Crippen molar-refractivity contribution in [2.24, 2.45) is 11.8 Å². The van der Waals surface area contributed by atoms with Gasteiger partial charge >= 0.3 is 5.97 Å². The molecule has 0 saturated heterocycles. The molecule has 0 bridgehead atoms. The number of hydrogen-bond donors (Lipinski definition) is 1. The van der Waals surface area contributed by atoms with Crippen LogP contribution in [0, 0.1) is 11.8 Å². The first kappa shape index (κ1) is 13.2. The summed E-state index contributed by atoms with van der Waals surface area (Å²) >= 11 is 0. The fourth-order valence-electron chi connectivity index (χ4n) is 1.14. The summed E-state index contributed by atoms with van der Waals surface area (Å²) in [7, 11) is 0. The van der Waals surface area contributed by atoms with Crippen LogP contribution in [0.5, 0.6) is 0 Å². The summed E-state index contributed by atoms with van der Waals surface area (Å²) in [6.45, 7) is 7.90. The van der Waals surface area contributed by atoms with Crippen molar-refractivity contribution in [3.8, 4) is 0 Å². The molecule has 0 aromatic heterocycles. The van der Waals surface area contributed by atoms with E-state index in [-0.39, 0.29) is 17.8 Å². The van der Waals surface area contributed by atoms with Gasteiger partial charge < -0.3 is 9.84 Å². The second-order valence-electron chi connectivity index (χ2n) is 3.70. The van der Waals surface area contributed by atoms with E-state index in [0.717, 1.165) is 0 Å². The Kier molecular flexibility index (Phi) is 6.21. The number of esters is 1. The highest BCUT2D eigenvalue weighted by Gasteiger charge is 2.15. The Morgan fingerprint density at radius 2 is 2.00 bits per heavy atom.